The summed E-state index contributed by atoms with van der Waals surface area (Å²) in [6.45, 7) is 0. The smallest absolute Gasteiger partial charge is 0.350 e. The number of hydrogen-bond donors (Lipinski definition) is 2. The Morgan fingerprint density at radius 3 is 2.89 bits per heavy atom. The molecule has 2 N–H and O–H groups in total. The van der Waals surface area contributed by atoms with Crippen LogP contribution in [0.3, 0.4) is 0 Å². The van der Waals surface area contributed by atoms with E-state index < -0.39 is 0 Å². The first kappa shape index (κ1) is 11.0. The van der Waals surface area contributed by atoms with Crippen LogP contribution in [-0.4, -0.2) is 25.6 Å². The first-order chi connectivity index (χ1) is 9.33. The van der Waals surface area contributed by atoms with E-state index in [1.807, 2.05) is 0 Å². The molecule has 0 radical (unpaired) electrons. The monoisotopic (exact) mass is 259 g/mol. The Labute approximate surface area is 110 Å². The first-order valence-corrected chi connectivity index (χ1v) is 7.08. The maximum absolute atomic E-state index is 11.9. The Bertz CT molecular complexity index is 680. The van der Waals surface area contributed by atoms with E-state index in [-0.39, 0.29) is 5.69 Å². The minimum Gasteiger partial charge on any atom is -0.352 e. The van der Waals surface area contributed by atoms with Gasteiger partial charge < -0.3 is 5.32 Å². The lowest BCUT2D eigenvalue weighted by atomic mass is 10.2. The normalized spacial score (nSPS) is 19.2. The van der Waals surface area contributed by atoms with Gasteiger partial charge in [-0.05, 0) is 32.1 Å². The van der Waals surface area contributed by atoms with E-state index >= 15 is 0 Å². The number of fused-ring (bicyclic) bond motifs is 3. The van der Waals surface area contributed by atoms with Gasteiger partial charge in [0.2, 0.25) is 5.95 Å². The zero-order valence-corrected chi connectivity index (χ0v) is 10.8. The fourth-order valence-electron chi connectivity index (χ4n) is 3.32. The fourth-order valence-corrected chi connectivity index (χ4v) is 3.32. The third-order valence-electron chi connectivity index (χ3n) is 4.27. The number of nitrogens with zero attached hydrogens (tertiary/aromatic N) is 3. The van der Waals surface area contributed by atoms with Gasteiger partial charge >= 0.3 is 5.69 Å². The van der Waals surface area contributed by atoms with Crippen LogP contribution >= 0.6 is 0 Å². The largest absolute Gasteiger partial charge is 0.352 e. The van der Waals surface area contributed by atoms with Crippen molar-refractivity contribution in [3.63, 3.8) is 0 Å². The Hall–Kier alpha value is -1.85. The van der Waals surface area contributed by atoms with Crippen LogP contribution in [0.4, 0.5) is 5.95 Å². The highest BCUT2D eigenvalue weighted by Gasteiger charge is 2.23. The van der Waals surface area contributed by atoms with Crippen molar-refractivity contribution in [1.29, 1.82) is 0 Å². The molecule has 0 saturated heterocycles. The number of H-pyrrole nitrogens is 1. The Morgan fingerprint density at radius 2 is 2.05 bits per heavy atom. The molecule has 2 aliphatic carbocycles. The van der Waals surface area contributed by atoms with Crippen LogP contribution in [0.1, 0.15) is 43.4 Å². The highest BCUT2D eigenvalue weighted by molar-refractivity contribution is 5.55. The molecular formula is C13H17N5O. The van der Waals surface area contributed by atoms with Crippen molar-refractivity contribution in [2.75, 3.05) is 5.32 Å². The Balaban J connectivity index is 1.86. The molecule has 0 aromatic carbocycles. The lowest BCUT2D eigenvalue weighted by Gasteiger charge is -2.14. The van der Waals surface area contributed by atoms with Gasteiger partial charge in [0, 0.05) is 11.6 Å². The van der Waals surface area contributed by atoms with E-state index in [4.69, 9.17) is 0 Å². The summed E-state index contributed by atoms with van der Waals surface area (Å²) in [5, 5.41) is 10.2. The average Bonchev–Trinajstić information content (AvgIpc) is 3.09. The van der Waals surface area contributed by atoms with Crippen molar-refractivity contribution in [1.82, 2.24) is 19.6 Å². The SMILES string of the molecule is O=c1[nH]nc2c3c(nc(NC4CCCC4)n12)CCC3. The van der Waals surface area contributed by atoms with Gasteiger partial charge in [-0.25, -0.2) is 19.3 Å². The molecule has 0 unspecified atom stereocenters. The van der Waals surface area contributed by atoms with Crippen LogP contribution < -0.4 is 11.0 Å². The van der Waals surface area contributed by atoms with Crippen molar-refractivity contribution in [3.05, 3.63) is 21.7 Å². The van der Waals surface area contributed by atoms with Gasteiger partial charge in [0.1, 0.15) is 0 Å². The summed E-state index contributed by atoms with van der Waals surface area (Å²) >= 11 is 0. The van der Waals surface area contributed by atoms with E-state index in [1.54, 1.807) is 4.40 Å². The molecule has 1 fully saturated rings. The molecule has 0 atom stereocenters. The minimum absolute atomic E-state index is 0.197. The third kappa shape index (κ3) is 1.66. The summed E-state index contributed by atoms with van der Waals surface area (Å²) in [6.07, 6.45) is 7.90. The molecule has 2 heterocycles. The van der Waals surface area contributed by atoms with Crippen LogP contribution in [0.15, 0.2) is 4.79 Å². The zero-order valence-electron chi connectivity index (χ0n) is 10.8. The van der Waals surface area contributed by atoms with Crippen LogP contribution in [0.25, 0.3) is 5.65 Å². The highest BCUT2D eigenvalue weighted by atomic mass is 16.1. The summed E-state index contributed by atoms with van der Waals surface area (Å²) in [5.74, 6) is 0.668. The molecule has 6 heteroatoms. The Kier molecular flexibility index (Phi) is 2.36. The Morgan fingerprint density at radius 1 is 1.21 bits per heavy atom. The summed E-state index contributed by atoms with van der Waals surface area (Å²) in [7, 11) is 0. The second kappa shape index (κ2) is 4.08. The molecule has 6 nitrogen and oxygen atoms in total. The van der Waals surface area contributed by atoms with Crippen molar-refractivity contribution in [3.8, 4) is 0 Å². The molecule has 19 heavy (non-hydrogen) atoms. The summed E-state index contributed by atoms with van der Waals surface area (Å²) in [6, 6.07) is 0.442. The number of nitrogens with one attached hydrogen (secondary N) is 2. The van der Waals surface area contributed by atoms with Gasteiger partial charge in [-0.1, -0.05) is 12.8 Å². The van der Waals surface area contributed by atoms with E-state index in [2.05, 4.69) is 20.5 Å². The summed E-state index contributed by atoms with van der Waals surface area (Å²) < 4.78 is 1.60. The lowest BCUT2D eigenvalue weighted by molar-refractivity contribution is 0.736. The predicted molar refractivity (Wildman–Crippen MR) is 71.5 cm³/mol. The minimum atomic E-state index is -0.197. The van der Waals surface area contributed by atoms with Gasteiger partial charge in [0.15, 0.2) is 5.65 Å². The van der Waals surface area contributed by atoms with Crippen molar-refractivity contribution in [2.45, 2.75) is 51.0 Å². The van der Waals surface area contributed by atoms with Gasteiger partial charge in [-0.15, -0.1) is 0 Å². The molecule has 2 aliphatic rings. The molecule has 1 saturated carbocycles. The number of anilines is 1. The number of aryl methyl sites for hydroxylation is 2. The second-order valence-electron chi connectivity index (χ2n) is 5.53. The van der Waals surface area contributed by atoms with Crippen molar-refractivity contribution >= 4 is 11.6 Å². The second-order valence-corrected chi connectivity index (χ2v) is 5.53. The van der Waals surface area contributed by atoms with Crippen molar-refractivity contribution < 1.29 is 0 Å². The molecule has 2 aromatic heterocycles. The first-order valence-electron chi connectivity index (χ1n) is 7.08. The molecule has 0 amide bonds. The zero-order chi connectivity index (χ0) is 12.8. The molecule has 0 spiro atoms. The van der Waals surface area contributed by atoms with Gasteiger partial charge in [-0.2, -0.15) is 5.10 Å². The summed E-state index contributed by atoms with van der Waals surface area (Å²) in [5.41, 5.74) is 2.80. The molecule has 100 valence electrons. The maximum atomic E-state index is 11.9. The van der Waals surface area contributed by atoms with E-state index in [1.165, 1.54) is 12.8 Å². The van der Waals surface area contributed by atoms with Gasteiger partial charge in [-0.3, -0.25) is 0 Å². The number of aromatic nitrogens is 4. The number of rotatable bonds is 2. The van der Waals surface area contributed by atoms with Crippen LogP contribution in [0.5, 0.6) is 0 Å². The lowest BCUT2D eigenvalue weighted by Crippen LogP contribution is -2.23. The van der Waals surface area contributed by atoms with Crippen LogP contribution in [0, 0.1) is 0 Å². The quantitative estimate of drug-likeness (QED) is 0.851. The standard InChI is InChI=1S/C13H17N5O/c19-13-17-16-11-9-6-3-7-10(9)15-12(18(11)13)14-8-4-1-2-5-8/h8H,1-7H2,(H,14,15)(H,17,19). The van der Waals surface area contributed by atoms with E-state index in [0.717, 1.165) is 49.0 Å². The van der Waals surface area contributed by atoms with Gasteiger partial charge in [0.25, 0.3) is 0 Å². The number of aromatic amines is 1. The van der Waals surface area contributed by atoms with Crippen LogP contribution in [0.2, 0.25) is 0 Å². The topological polar surface area (TPSA) is 75.1 Å². The molecule has 0 bridgehead atoms. The average molecular weight is 259 g/mol. The van der Waals surface area contributed by atoms with E-state index in [9.17, 15) is 4.79 Å². The third-order valence-corrected chi connectivity index (χ3v) is 4.27. The van der Waals surface area contributed by atoms with Crippen LogP contribution in [-0.2, 0) is 12.8 Å². The summed E-state index contributed by atoms with van der Waals surface area (Å²) in [4.78, 5) is 16.6. The predicted octanol–water partition coefficient (Wildman–Crippen LogP) is 1.26. The molecule has 4 rings (SSSR count). The molecular weight excluding hydrogens is 242 g/mol. The highest BCUT2D eigenvalue weighted by Crippen LogP contribution is 2.27. The molecule has 0 aliphatic heterocycles. The van der Waals surface area contributed by atoms with Gasteiger partial charge in [0.05, 0.1) is 5.69 Å². The van der Waals surface area contributed by atoms with Crippen molar-refractivity contribution in [2.24, 2.45) is 0 Å². The molecule has 2 aromatic rings. The fraction of sp³-hybridized carbons (Fsp3) is 0.615. The number of hydrogen-bond acceptors (Lipinski definition) is 4. The maximum Gasteiger partial charge on any atom is 0.350 e. The van der Waals surface area contributed by atoms with E-state index in [0.29, 0.717) is 12.0 Å².